The van der Waals surface area contributed by atoms with Crippen molar-refractivity contribution < 1.29 is 4.79 Å². The second-order valence-electron chi connectivity index (χ2n) is 5.22. The van der Waals surface area contributed by atoms with E-state index in [1.165, 1.54) is 5.56 Å². The molecule has 1 unspecified atom stereocenters. The lowest BCUT2D eigenvalue weighted by atomic mass is 9.95. The number of rotatable bonds is 5. The van der Waals surface area contributed by atoms with E-state index in [0.717, 1.165) is 12.0 Å². The third kappa shape index (κ3) is 3.57. The summed E-state index contributed by atoms with van der Waals surface area (Å²) in [4.78, 5) is 12.1. The molecule has 1 rings (SSSR count). The summed E-state index contributed by atoms with van der Waals surface area (Å²) in [6.07, 6.45) is 1.60. The quantitative estimate of drug-likeness (QED) is 0.841. The van der Waals surface area contributed by atoms with Gasteiger partial charge >= 0.3 is 0 Å². The molecule has 0 aliphatic heterocycles. The van der Waals surface area contributed by atoms with Crippen LogP contribution in [-0.4, -0.2) is 11.4 Å². The molecule has 0 radical (unpaired) electrons. The van der Waals surface area contributed by atoms with E-state index in [1.54, 1.807) is 6.92 Å². The minimum Gasteiger partial charge on any atom is -0.348 e. The van der Waals surface area contributed by atoms with Crippen LogP contribution >= 0.6 is 0 Å². The lowest BCUT2D eigenvalue weighted by Gasteiger charge is -2.26. The molecule has 0 fully saturated rings. The van der Waals surface area contributed by atoms with Crippen molar-refractivity contribution in [1.29, 1.82) is 0 Å². The standard InChI is InChI=1S/C15H24N2O/c1-5-10-15(4,16)14(18)17-12(3)13-9-7-6-8-11(13)2/h6-9,12H,5,10,16H2,1-4H3,(H,17,18)/t12-,15?/m1/s1. The normalized spacial score (nSPS) is 15.8. The molecular weight excluding hydrogens is 224 g/mol. The number of hydrogen-bond acceptors (Lipinski definition) is 2. The third-order valence-corrected chi connectivity index (χ3v) is 3.29. The zero-order chi connectivity index (χ0) is 13.8. The van der Waals surface area contributed by atoms with Crippen LogP contribution in [0.25, 0.3) is 0 Å². The number of hydrogen-bond donors (Lipinski definition) is 2. The molecule has 3 N–H and O–H groups in total. The zero-order valence-corrected chi connectivity index (χ0v) is 11.8. The monoisotopic (exact) mass is 248 g/mol. The van der Waals surface area contributed by atoms with Crippen LogP contribution in [0, 0.1) is 6.92 Å². The molecule has 3 heteroatoms. The van der Waals surface area contributed by atoms with E-state index >= 15 is 0 Å². The van der Waals surface area contributed by atoms with Crippen LogP contribution in [0.1, 0.15) is 50.8 Å². The maximum atomic E-state index is 12.1. The Morgan fingerprint density at radius 1 is 1.44 bits per heavy atom. The van der Waals surface area contributed by atoms with Crippen LogP contribution in [0.2, 0.25) is 0 Å². The Morgan fingerprint density at radius 2 is 2.06 bits per heavy atom. The summed E-state index contributed by atoms with van der Waals surface area (Å²) in [5.74, 6) is -0.0832. The maximum Gasteiger partial charge on any atom is 0.240 e. The number of amides is 1. The largest absolute Gasteiger partial charge is 0.348 e. The van der Waals surface area contributed by atoms with Crippen molar-refractivity contribution in [2.24, 2.45) is 5.73 Å². The lowest BCUT2D eigenvalue weighted by molar-refractivity contribution is -0.126. The topological polar surface area (TPSA) is 55.1 Å². The summed E-state index contributed by atoms with van der Waals surface area (Å²) in [7, 11) is 0. The molecule has 1 aromatic carbocycles. The van der Waals surface area contributed by atoms with E-state index in [2.05, 4.69) is 5.32 Å². The number of nitrogens with two attached hydrogens (primary N) is 1. The molecule has 0 aliphatic carbocycles. The Hall–Kier alpha value is -1.35. The van der Waals surface area contributed by atoms with E-state index in [0.29, 0.717) is 6.42 Å². The first kappa shape index (κ1) is 14.7. The number of carbonyl (C=O) groups excluding carboxylic acids is 1. The smallest absolute Gasteiger partial charge is 0.240 e. The first-order valence-electron chi connectivity index (χ1n) is 6.54. The van der Waals surface area contributed by atoms with E-state index in [9.17, 15) is 4.79 Å². The van der Waals surface area contributed by atoms with Gasteiger partial charge in [0.15, 0.2) is 0 Å². The van der Waals surface area contributed by atoms with Crippen LogP contribution in [0.15, 0.2) is 24.3 Å². The predicted molar refractivity (Wildman–Crippen MR) is 75.2 cm³/mol. The number of nitrogens with one attached hydrogen (secondary N) is 1. The van der Waals surface area contributed by atoms with Crippen molar-refractivity contribution >= 4 is 5.91 Å². The summed E-state index contributed by atoms with van der Waals surface area (Å²) in [5, 5.41) is 3.00. The van der Waals surface area contributed by atoms with E-state index in [-0.39, 0.29) is 11.9 Å². The van der Waals surface area contributed by atoms with Crippen LogP contribution in [0.3, 0.4) is 0 Å². The zero-order valence-electron chi connectivity index (χ0n) is 11.8. The van der Waals surface area contributed by atoms with Gasteiger partial charge < -0.3 is 11.1 Å². The van der Waals surface area contributed by atoms with E-state index in [4.69, 9.17) is 5.73 Å². The summed E-state index contributed by atoms with van der Waals surface area (Å²) < 4.78 is 0. The molecule has 0 aliphatic rings. The third-order valence-electron chi connectivity index (χ3n) is 3.29. The van der Waals surface area contributed by atoms with Gasteiger partial charge in [-0.2, -0.15) is 0 Å². The molecule has 3 nitrogen and oxygen atoms in total. The van der Waals surface area contributed by atoms with Crippen LogP contribution in [0.5, 0.6) is 0 Å². The molecule has 0 heterocycles. The summed E-state index contributed by atoms with van der Waals surface area (Å²) in [6.45, 7) is 7.85. The summed E-state index contributed by atoms with van der Waals surface area (Å²) >= 11 is 0. The first-order valence-corrected chi connectivity index (χ1v) is 6.54. The highest BCUT2D eigenvalue weighted by Gasteiger charge is 2.28. The molecule has 0 saturated carbocycles. The van der Waals surface area contributed by atoms with Gasteiger partial charge in [-0.05, 0) is 38.3 Å². The molecule has 1 amide bonds. The molecule has 0 spiro atoms. The average Bonchev–Trinajstić information content (AvgIpc) is 2.29. The van der Waals surface area contributed by atoms with Gasteiger partial charge in [0, 0.05) is 0 Å². The van der Waals surface area contributed by atoms with Gasteiger partial charge in [-0.25, -0.2) is 0 Å². The summed E-state index contributed by atoms with van der Waals surface area (Å²) in [5.41, 5.74) is 7.55. The van der Waals surface area contributed by atoms with E-state index in [1.807, 2.05) is 45.0 Å². The number of carbonyl (C=O) groups is 1. The summed E-state index contributed by atoms with van der Waals surface area (Å²) in [6, 6.07) is 8.05. The van der Waals surface area contributed by atoms with Crippen molar-refractivity contribution in [2.75, 3.05) is 0 Å². The predicted octanol–water partition coefficient (Wildman–Crippen LogP) is 2.69. The second-order valence-corrected chi connectivity index (χ2v) is 5.22. The number of aryl methyl sites for hydroxylation is 1. The minimum absolute atomic E-state index is 0.0153. The highest BCUT2D eigenvalue weighted by molar-refractivity contribution is 5.85. The Morgan fingerprint density at radius 3 is 2.61 bits per heavy atom. The van der Waals surface area contributed by atoms with Crippen molar-refractivity contribution in [1.82, 2.24) is 5.32 Å². The minimum atomic E-state index is -0.786. The van der Waals surface area contributed by atoms with Crippen LogP contribution < -0.4 is 11.1 Å². The van der Waals surface area contributed by atoms with Crippen molar-refractivity contribution in [3.63, 3.8) is 0 Å². The maximum absolute atomic E-state index is 12.1. The molecule has 0 bridgehead atoms. The van der Waals surface area contributed by atoms with Gasteiger partial charge in [-0.3, -0.25) is 4.79 Å². The Kier molecular flexibility index (Phi) is 4.91. The van der Waals surface area contributed by atoms with Crippen LogP contribution in [-0.2, 0) is 4.79 Å². The first-order chi connectivity index (χ1) is 8.38. The Balaban J connectivity index is 2.74. The molecule has 2 atom stereocenters. The van der Waals surface area contributed by atoms with Gasteiger partial charge in [0.05, 0.1) is 11.6 Å². The van der Waals surface area contributed by atoms with Gasteiger partial charge in [0.2, 0.25) is 5.91 Å². The van der Waals surface area contributed by atoms with Gasteiger partial charge in [0.1, 0.15) is 0 Å². The SMILES string of the molecule is CCCC(C)(N)C(=O)N[C@H](C)c1ccccc1C. The van der Waals surface area contributed by atoms with Crippen molar-refractivity contribution in [3.8, 4) is 0 Å². The average molecular weight is 248 g/mol. The fourth-order valence-electron chi connectivity index (χ4n) is 2.14. The number of benzene rings is 1. The highest BCUT2D eigenvalue weighted by Crippen LogP contribution is 2.18. The Labute approximate surface area is 110 Å². The van der Waals surface area contributed by atoms with Gasteiger partial charge in [0.25, 0.3) is 0 Å². The van der Waals surface area contributed by atoms with Crippen molar-refractivity contribution in [3.05, 3.63) is 35.4 Å². The lowest BCUT2D eigenvalue weighted by Crippen LogP contribution is -2.52. The molecule has 0 aromatic heterocycles. The molecule has 1 aromatic rings. The molecule has 0 saturated heterocycles. The molecule has 100 valence electrons. The van der Waals surface area contributed by atoms with Gasteiger partial charge in [-0.15, -0.1) is 0 Å². The fourth-order valence-corrected chi connectivity index (χ4v) is 2.14. The van der Waals surface area contributed by atoms with Gasteiger partial charge in [-0.1, -0.05) is 37.6 Å². The fraction of sp³-hybridized carbons (Fsp3) is 0.533. The van der Waals surface area contributed by atoms with E-state index < -0.39 is 5.54 Å². The second kappa shape index (κ2) is 6.01. The van der Waals surface area contributed by atoms with Crippen molar-refractivity contribution in [2.45, 2.75) is 52.1 Å². The highest BCUT2D eigenvalue weighted by atomic mass is 16.2. The van der Waals surface area contributed by atoms with Crippen LogP contribution in [0.4, 0.5) is 0 Å². The molecular formula is C15H24N2O. The Bertz CT molecular complexity index is 413. The molecule has 18 heavy (non-hydrogen) atoms.